The SMILES string of the molecule is COc1cc(OCC(=O)NCCN2CCOCC2)cc(OC)c1OC.Cl. The molecular formula is C17H27ClN2O6. The van der Waals surface area contributed by atoms with Crippen LogP contribution in [0.5, 0.6) is 23.0 Å². The van der Waals surface area contributed by atoms with Gasteiger partial charge in [-0.25, -0.2) is 0 Å². The largest absolute Gasteiger partial charge is 0.493 e. The van der Waals surface area contributed by atoms with Gasteiger partial charge in [-0.3, -0.25) is 9.69 Å². The zero-order chi connectivity index (χ0) is 18.1. The molecule has 0 saturated carbocycles. The molecule has 0 aliphatic carbocycles. The van der Waals surface area contributed by atoms with Gasteiger partial charge < -0.3 is 29.0 Å². The van der Waals surface area contributed by atoms with Crippen LogP contribution in [0.1, 0.15) is 0 Å². The lowest BCUT2D eigenvalue weighted by atomic mass is 10.2. The van der Waals surface area contributed by atoms with Crippen LogP contribution in [0.25, 0.3) is 0 Å². The minimum Gasteiger partial charge on any atom is -0.493 e. The summed E-state index contributed by atoms with van der Waals surface area (Å²) in [5.74, 6) is 1.72. The number of nitrogens with one attached hydrogen (secondary N) is 1. The summed E-state index contributed by atoms with van der Waals surface area (Å²) in [4.78, 5) is 14.2. The van der Waals surface area contributed by atoms with E-state index in [-0.39, 0.29) is 24.9 Å². The summed E-state index contributed by atoms with van der Waals surface area (Å²) in [5.41, 5.74) is 0. The number of hydrogen-bond donors (Lipinski definition) is 1. The lowest BCUT2D eigenvalue weighted by Gasteiger charge is -2.26. The zero-order valence-electron chi connectivity index (χ0n) is 15.4. The lowest BCUT2D eigenvalue weighted by Crippen LogP contribution is -2.42. The van der Waals surface area contributed by atoms with E-state index in [9.17, 15) is 4.79 Å². The second-order valence-electron chi connectivity index (χ2n) is 5.45. The summed E-state index contributed by atoms with van der Waals surface area (Å²) in [7, 11) is 4.58. The minimum absolute atomic E-state index is 0. The van der Waals surface area contributed by atoms with Crippen LogP contribution in [0.2, 0.25) is 0 Å². The molecule has 0 atom stereocenters. The highest BCUT2D eigenvalue weighted by Gasteiger charge is 2.15. The first-order valence-corrected chi connectivity index (χ1v) is 8.17. The number of benzene rings is 1. The minimum atomic E-state index is -0.179. The molecule has 1 aliphatic heterocycles. The summed E-state index contributed by atoms with van der Waals surface area (Å²) in [6, 6.07) is 3.31. The van der Waals surface area contributed by atoms with Gasteiger partial charge in [-0.2, -0.15) is 0 Å². The second-order valence-corrected chi connectivity index (χ2v) is 5.45. The third-order valence-electron chi connectivity index (χ3n) is 3.86. The van der Waals surface area contributed by atoms with Crippen molar-refractivity contribution in [1.82, 2.24) is 10.2 Å². The van der Waals surface area contributed by atoms with Crippen molar-refractivity contribution in [2.45, 2.75) is 0 Å². The first-order valence-electron chi connectivity index (χ1n) is 8.17. The molecule has 1 aromatic rings. The Bertz CT molecular complexity index is 541. The average molecular weight is 391 g/mol. The average Bonchev–Trinajstić information content (AvgIpc) is 2.66. The summed E-state index contributed by atoms with van der Waals surface area (Å²) in [6.07, 6.45) is 0. The van der Waals surface area contributed by atoms with Crippen molar-refractivity contribution in [3.05, 3.63) is 12.1 Å². The van der Waals surface area contributed by atoms with Gasteiger partial charge in [0, 0.05) is 38.3 Å². The standard InChI is InChI=1S/C17H26N2O6.ClH/c1-21-14-10-13(11-15(22-2)17(14)23-3)25-12-16(20)18-4-5-19-6-8-24-9-7-19;/h10-11H,4-9,12H2,1-3H3,(H,18,20);1H. The Morgan fingerprint density at radius 2 is 1.73 bits per heavy atom. The molecule has 1 N–H and O–H groups in total. The number of rotatable bonds is 9. The Labute approximate surface area is 160 Å². The Morgan fingerprint density at radius 1 is 1.12 bits per heavy atom. The van der Waals surface area contributed by atoms with Crippen LogP contribution in [0.3, 0.4) is 0 Å². The fourth-order valence-electron chi connectivity index (χ4n) is 2.52. The highest BCUT2D eigenvalue weighted by Crippen LogP contribution is 2.40. The molecule has 0 unspecified atom stereocenters. The van der Waals surface area contributed by atoms with Gasteiger partial charge in [-0.05, 0) is 0 Å². The molecule has 1 aromatic carbocycles. The number of amides is 1. The number of morpholine rings is 1. The molecule has 0 aromatic heterocycles. The van der Waals surface area contributed by atoms with E-state index in [1.807, 2.05) is 0 Å². The van der Waals surface area contributed by atoms with Crippen molar-refractivity contribution in [1.29, 1.82) is 0 Å². The van der Waals surface area contributed by atoms with E-state index in [1.54, 1.807) is 12.1 Å². The fourth-order valence-corrected chi connectivity index (χ4v) is 2.52. The first kappa shape index (κ1) is 22.1. The van der Waals surface area contributed by atoms with Crippen LogP contribution in [0.15, 0.2) is 12.1 Å². The molecule has 1 heterocycles. The molecule has 1 amide bonds. The molecule has 0 spiro atoms. The topological polar surface area (TPSA) is 78.5 Å². The van der Waals surface area contributed by atoms with Gasteiger partial charge >= 0.3 is 0 Å². The van der Waals surface area contributed by atoms with E-state index in [0.29, 0.717) is 29.5 Å². The van der Waals surface area contributed by atoms with Crippen molar-refractivity contribution < 1.29 is 28.5 Å². The number of halogens is 1. The van der Waals surface area contributed by atoms with Crippen molar-refractivity contribution >= 4 is 18.3 Å². The number of carbonyl (C=O) groups is 1. The molecule has 1 saturated heterocycles. The van der Waals surface area contributed by atoms with Crippen molar-refractivity contribution in [3.8, 4) is 23.0 Å². The van der Waals surface area contributed by atoms with E-state index in [4.69, 9.17) is 23.7 Å². The third kappa shape index (κ3) is 6.44. The van der Waals surface area contributed by atoms with E-state index >= 15 is 0 Å². The van der Waals surface area contributed by atoms with E-state index in [0.717, 1.165) is 32.8 Å². The van der Waals surface area contributed by atoms with Crippen molar-refractivity contribution in [3.63, 3.8) is 0 Å². The summed E-state index contributed by atoms with van der Waals surface area (Å²) in [6.45, 7) is 4.60. The van der Waals surface area contributed by atoms with E-state index in [2.05, 4.69) is 10.2 Å². The fraction of sp³-hybridized carbons (Fsp3) is 0.588. The first-order chi connectivity index (χ1) is 12.2. The maximum Gasteiger partial charge on any atom is 0.257 e. The van der Waals surface area contributed by atoms with Crippen LogP contribution >= 0.6 is 12.4 Å². The molecule has 1 fully saturated rings. The maximum absolute atomic E-state index is 11.9. The Kier molecular flexibility index (Phi) is 9.93. The predicted molar refractivity (Wildman–Crippen MR) is 99.1 cm³/mol. The van der Waals surface area contributed by atoms with Crippen molar-refractivity contribution in [2.75, 3.05) is 67.3 Å². The summed E-state index contributed by atoms with van der Waals surface area (Å²) in [5, 5.41) is 2.85. The molecule has 1 aliphatic rings. The van der Waals surface area contributed by atoms with Crippen LogP contribution in [-0.2, 0) is 9.53 Å². The molecule has 0 bridgehead atoms. The summed E-state index contributed by atoms with van der Waals surface area (Å²) < 4.78 is 26.6. The number of nitrogens with zero attached hydrogens (tertiary/aromatic N) is 1. The quantitative estimate of drug-likeness (QED) is 0.672. The van der Waals surface area contributed by atoms with E-state index < -0.39 is 0 Å². The zero-order valence-corrected chi connectivity index (χ0v) is 16.2. The predicted octanol–water partition coefficient (Wildman–Crippen LogP) is 0.961. The number of ether oxygens (including phenoxy) is 5. The Hall–Kier alpha value is -1.90. The van der Waals surface area contributed by atoms with Gasteiger partial charge in [0.1, 0.15) is 5.75 Å². The van der Waals surface area contributed by atoms with Crippen LogP contribution in [-0.4, -0.2) is 78.1 Å². The lowest BCUT2D eigenvalue weighted by molar-refractivity contribution is -0.123. The van der Waals surface area contributed by atoms with Gasteiger partial charge in [0.2, 0.25) is 5.75 Å². The van der Waals surface area contributed by atoms with Crippen LogP contribution < -0.4 is 24.3 Å². The van der Waals surface area contributed by atoms with Gasteiger partial charge in [-0.15, -0.1) is 12.4 Å². The highest BCUT2D eigenvalue weighted by molar-refractivity contribution is 5.85. The normalized spacial score (nSPS) is 14.1. The molecule has 148 valence electrons. The monoisotopic (exact) mass is 390 g/mol. The molecule has 8 nitrogen and oxygen atoms in total. The molecule has 26 heavy (non-hydrogen) atoms. The van der Waals surface area contributed by atoms with Gasteiger partial charge in [0.05, 0.1) is 34.5 Å². The van der Waals surface area contributed by atoms with Crippen LogP contribution in [0.4, 0.5) is 0 Å². The third-order valence-corrected chi connectivity index (χ3v) is 3.86. The molecule has 9 heteroatoms. The van der Waals surface area contributed by atoms with E-state index in [1.165, 1.54) is 21.3 Å². The van der Waals surface area contributed by atoms with Crippen LogP contribution in [0, 0.1) is 0 Å². The molecule has 2 rings (SSSR count). The summed E-state index contributed by atoms with van der Waals surface area (Å²) >= 11 is 0. The smallest absolute Gasteiger partial charge is 0.257 e. The van der Waals surface area contributed by atoms with Gasteiger partial charge in [-0.1, -0.05) is 0 Å². The number of carbonyl (C=O) groups excluding carboxylic acids is 1. The highest BCUT2D eigenvalue weighted by atomic mass is 35.5. The maximum atomic E-state index is 11.9. The second kappa shape index (κ2) is 11.7. The van der Waals surface area contributed by atoms with Crippen molar-refractivity contribution in [2.24, 2.45) is 0 Å². The molecule has 0 radical (unpaired) electrons. The Morgan fingerprint density at radius 3 is 2.27 bits per heavy atom. The van der Waals surface area contributed by atoms with Gasteiger partial charge in [0.15, 0.2) is 18.1 Å². The molecular weight excluding hydrogens is 364 g/mol. The Balaban J connectivity index is 0.00000338. The number of methoxy groups -OCH3 is 3. The van der Waals surface area contributed by atoms with Gasteiger partial charge in [0.25, 0.3) is 5.91 Å². The number of hydrogen-bond acceptors (Lipinski definition) is 7.